The van der Waals surface area contributed by atoms with Gasteiger partial charge in [0.15, 0.2) is 0 Å². The van der Waals surface area contributed by atoms with Gasteiger partial charge >= 0.3 is 0 Å². The van der Waals surface area contributed by atoms with Crippen LogP contribution in [-0.4, -0.2) is 53.6 Å². The van der Waals surface area contributed by atoms with Gasteiger partial charge in [-0.3, -0.25) is 9.69 Å². The maximum atomic E-state index is 13.8. The smallest absolute Gasteiger partial charge is 0.251 e. The highest BCUT2D eigenvalue weighted by molar-refractivity contribution is 5.81. The average Bonchev–Trinajstić information content (AvgIpc) is 2.56. The number of halogens is 2. The molecule has 1 amide bonds. The third-order valence-corrected chi connectivity index (χ3v) is 5.12. The van der Waals surface area contributed by atoms with Crippen LogP contribution in [0.3, 0.4) is 0 Å². The molecule has 2 heterocycles. The Labute approximate surface area is 141 Å². The Balaban J connectivity index is 1.62. The minimum atomic E-state index is -0.553. The summed E-state index contributed by atoms with van der Waals surface area (Å²) in [6.07, 6.45) is 1.22. The van der Waals surface area contributed by atoms with Crippen molar-refractivity contribution in [2.45, 2.75) is 44.9 Å². The van der Waals surface area contributed by atoms with Crippen molar-refractivity contribution in [1.29, 1.82) is 0 Å². The number of benzene rings is 1. The fraction of sp³-hybridized carbons (Fsp3) is 0.611. The van der Waals surface area contributed by atoms with Crippen molar-refractivity contribution in [1.82, 2.24) is 9.80 Å². The number of carbonyl (C=O) groups excluding carboxylic acids is 1. The largest absolute Gasteiger partial charge is 0.360 e. The first kappa shape index (κ1) is 17.3. The number of nitrogens with zero attached hydrogens (tertiary/aromatic N) is 2. The minimum Gasteiger partial charge on any atom is -0.360 e. The number of ether oxygens (including phenoxy) is 1. The van der Waals surface area contributed by atoms with E-state index in [4.69, 9.17) is 4.74 Å². The van der Waals surface area contributed by atoms with Gasteiger partial charge in [-0.2, -0.15) is 0 Å². The van der Waals surface area contributed by atoms with Crippen molar-refractivity contribution < 1.29 is 18.3 Å². The molecule has 2 fully saturated rings. The van der Waals surface area contributed by atoms with E-state index in [2.05, 4.69) is 4.90 Å². The van der Waals surface area contributed by atoms with Crippen LogP contribution in [0, 0.1) is 11.6 Å². The van der Waals surface area contributed by atoms with Crippen LogP contribution in [0.5, 0.6) is 0 Å². The van der Waals surface area contributed by atoms with Crippen LogP contribution in [-0.2, 0) is 16.1 Å². The van der Waals surface area contributed by atoms with Crippen LogP contribution >= 0.6 is 0 Å². The molecule has 1 atom stereocenters. The summed E-state index contributed by atoms with van der Waals surface area (Å²) in [6.45, 7) is 7.13. The van der Waals surface area contributed by atoms with E-state index >= 15 is 0 Å². The number of piperidine rings is 1. The number of likely N-dealkylation sites (tertiary alicyclic amines) is 1. The molecule has 0 saturated carbocycles. The van der Waals surface area contributed by atoms with E-state index < -0.39 is 17.7 Å². The number of morpholine rings is 1. The van der Waals surface area contributed by atoms with Crippen molar-refractivity contribution in [2.24, 2.45) is 0 Å². The average molecular weight is 338 g/mol. The van der Waals surface area contributed by atoms with E-state index in [1.54, 1.807) is 0 Å². The number of carbonyl (C=O) groups is 1. The lowest BCUT2D eigenvalue weighted by Crippen LogP contribution is -2.61. The van der Waals surface area contributed by atoms with Gasteiger partial charge in [0.1, 0.15) is 17.7 Å². The third kappa shape index (κ3) is 3.44. The summed E-state index contributed by atoms with van der Waals surface area (Å²) in [5.74, 6) is -0.998. The lowest BCUT2D eigenvalue weighted by atomic mass is 9.88. The molecular formula is C18H24F2N2O2. The third-order valence-electron chi connectivity index (χ3n) is 5.12. The summed E-state index contributed by atoms with van der Waals surface area (Å²) in [4.78, 5) is 16.1. The molecule has 4 nitrogen and oxygen atoms in total. The molecule has 1 spiro atoms. The zero-order valence-corrected chi connectivity index (χ0v) is 14.2. The predicted octanol–water partition coefficient (Wildman–Crippen LogP) is 2.57. The van der Waals surface area contributed by atoms with Crippen LogP contribution in [0.4, 0.5) is 8.78 Å². The van der Waals surface area contributed by atoms with Gasteiger partial charge in [-0.15, -0.1) is 0 Å². The molecule has 1 unspecified atom stereocenters. The van der Waals surface area contributed by atoms with E-state index in [-0.39, 0.29) is 11.5 Å². The SMILES string of the molecule is CCN1CC2(CCN(Cc3ccc(F)cc3F)CC2)OC(C)C1=O. The molecule has 24 heavy (non-hydrogen) atoms. The molecule has 0 bridgehead atoms. The van der Waals surface area contributed by atoms with Crippen molar-refractivity contribution in [3.8, 4) is 0 Å². The number of hydrogen-bond donors (Lipinski definition) is 0. The summed E-state index contributed by atoms with van der Waals surface area (Å²) in [5.41, 5.74) is 0.219. The van der Waals surface area contributed by atoms with Gasteiger partial charge < -0.3 is 9.64 Å². The molecule has 0 aromatic heterocycles. The Hall–Kier alpha value is -1.53. The lowest BCUT2D eigenvalue weighted by molar-refractivity contribution is -0.189. The van der Waals surface area contributed by atoms with Gasteiger partial charge in [-0.1, -0.05) is 6.07 Å². The van der Waals surface area contributed by atoms with E-state index in [1.165, 1.54) is 12.1 Å². The molecule has 2 aliphatic rings. The Morgan fingerprint density at radius 1 is 1.29 bits per heavy atom. The van der Waals surface area contributed by atoms with E-state index in [0.717, 1.165) is 32.0 Å². The number of likely N-dealkylation sites (N-methyl/N-ethyl adjacent to an activating group) is 1. The van der Waals surface area contributed by atoms with E-state index in [0.29, 0.717) is 25.2 Å². The van der Waals surface area contributed by atoms with Crippen molar-refractivity contribution in [2.75, 3.05) is 26.2 Å². The van der Waals surface area contributed by atoms with Crippen LogP contribution in [0.25, 0.3) is 0 Å². The summed E-state index contributed by atoms with van der Waals surface area (Å²) >= 11 is 0. The highest BCUT2D eigenvalue weighted by Crippen LogP contribution is 2.33. The predicted molar refractivity (Wildman–Crippen MR) is 86.4 cm³/mol. The van der Waals surface area contributed by atoms with Gasteiger partial charge in [-0.05, 0) is 32.8 Å². The zero-order valence-electron chi connectivity index (χ0n) is 14.2. The van der Waals surface area contributed by atoms with E-state index in [9.17, 15) is 13.6 Å². The molecule has 0 radical (unpaired) electrons. The first-order valence-electron chi connectivity index (χ1n) is 8.55. The molecule has 3 rings (SSSR count). The Kier molecular flexibility index (Phi) is 4.88. The molecule has 0 aliphatic carbocycles. The maximum absolute atomic E-state index is 13.8. The second-order valence-electron chi connectivity index (χ2n) is 6.81. The highest BCUT2D eigenvalue weighted by atomic mass is 19.1. The number of hydrogen-bond acceptors (Lipinski definition) is 3. The normalized spacial score (nSPS) is 24.6. The van der Waals surface area contributed by atoms with Gasteiger partial charge in [0.05, 0.1) is 5.60 Å². The molecule has 6 heteroatoms. The fourth-order valence-corrected chi connectivity index (χ4v) is 3.70. The van der Waals surface area contributed by atoms with Gasteiger partial charge in [-0.25, -0.2) is 8.78 Å². The van der Waals surface area contributed by atoms with E-state index in [1.807, 2.05) is 18.7 Å². The molecule has 0 N–H and O–H groups in total. The number of amides is 1. The molecule has 1 aromatic carbocycles. The molecule has 2 aliphatic heterocycles. The summed E-state index contributed by atoms with van der Waals surface area (Å²) in [7, 11) is 0. The first-order valence-corrected chi connectivity index (χ1v) is 8.55. The monoisotopic (exact) mass is 338 g/mol. The molecule has 2 saturated heterocycles. The lowest BCUT2D eigenvalue weighted by Gasteiger charge is -2.49. The second-order valence-corrected chi connectivity index (χ2v) is 6.81. The molecule has 1 aromatic rings. The second kappa shape index (κ2) is 6.76. The van der Waals surface area contributed by atoms with Crippen LogP contribution in [0.1, 0.15) is 32.3 Å². The summed E-state index contributed by atoms with van der Waals surface area (Å²) < 4.78 is 32.9. The maximum Gasteiger partial charge on any atom is 0.251 e. The summed E-state index contributed by atoms with van der Waals surface area (Å²) in [5, 5.41) is 0. The Morgan fingerprint density at radius 3 is 2.62 bits per heavy atom. The van der Waals surface area contributed by atoms with Crippen LogP contribution in [0.15, 0.2) is 18.2 Å². The molecular weight excluding hydrogens is 314 g/mol. The highest BCUT2D eigenvalue weighted by Gasteiger charge is 2.44. The number of rotatable bonds is 3. The Bertz CT molecular complexity index is 615. The van der Waals surface area contributed by atoms with Crippen molar-refractivity contribution >= 4 is 5.91 Å². The Morgan fingerprint density at radius 2 is 2.00 bits per heavy atom. The quantitative estimate of drug-likeness (QED) is 0.849. The topological polar surface area (TPSA) is 32.8 Å². The van der Waals surface area contributed by atoms with Crippen LogP contribution < -0.4 is 0 Å². The zero-order chi connectivity index (χ0) is 17.3. The minimum absolute atomic E-state index is 0.0546. The van der Waals surface area contributed by atoms with Crippen molar-refractivity contribution in [3.63, 3.8) is 0 Å². The van der Waals surface area contributed by atoms with Gasteiger partial charge in [0.2, 0.25) is 0 Å². The van der Waals surface area contributed by atoms with Gasteiger partial charge in [0, 0.05) is 44.4 Å². The summed E-state index contributed by atoms with van der Waals surface area (Å²) in [6, 6.07) is 3.73. The standard InChI is InChI=1S/C18H24F2N2O2/c1-3-22-12-18(24-13(2)17(22)23)6-8-21(9-7-18)11-14-4-5-15(19)10-16(14)20/h4-5,10,13H,3,6-9,11-12H2,1-2H3. The first-order chi connectivity index (χ1) is 11.4. The fourth-order valence-electron chi connectivity index (χ4n) is 3.70. The molecule has 132 valence electrons. The van der Waals surface area contributed by atoms with Gasteiger partial charge in [0.25, 0.3) is 5.91 Å². The van der Waals surface area contributed by atoms with Crippen LogP contribution in [0.2, 0.25) is 0 Å². The van der Waals surface area contributed by atoms with Crippen molar-refractivity contribution in [3.05, 3.63) is 35.4 Å².